The zero-order valence-corrected chi connectivity index (χ0v) is 16.0. The Morgan fingerprint density at radius 2 is 1.80 bits per heavy atom. The van der Waals surface area contributed by atoms with E-state index in [-0.39, 0.29) is 13.1 Å². The molecule has 0 spiro atoms. The predicted molar refractivity (Wildman–Crippen MR) is 101 cm³/mol. The SMILES string of the molecule is Cc1ccccc1CN(CC(=O)Nc1cccc(Cl)c1C)S(C)(=O)=O. The number of halogens is 1. The molecule has 7 heteroatoms. The van der Waals surface area contributed by atoms with E-state index in [1.165, 1.54) is 0 Å². The van der Waals surface area contributed by atoms with E-state index < -0.39 is 15.9 Å². The number of anilines is 1. The number of rotatable bonds is 6. The van der Waals surface area contributed by atoms with Crippen LogP contribution in [-0.2, 0) is 21.4 Å². The van der Waals surface area contributed by atoms with Gasteiger partial charge in [-0.2, -0.15) is 4.31 Å². The third kappa shape index (κ3) is 5.29. The molecule has 0 unspecified atom stereocenters. The van der Waals surface area contributed by atoms with Crippen LogP contribution in [0.5, 0.6) is 0 Å². The Morgan fingerprint density at radius 1 is 1.12 bits per heavy atom. The van der Waals surface area contributed by atoms with Gasteiger partial charge < -0.3 is 5.32 Å². The van der Waals surface area contributed by atoms with Crippen LogP contribution in [-0.4, -0.2) is 31.4 Å². The molecule has 2 rings (SSSR count). The van der Waals surface area contributed by atoms with Crippen LogP contribution in [0.15, 0.2) is 42.5 Å². The van der Waals surface area contributed by atoms with Gasteiger partial charge in [0.15, 0.2) is 0 Å². The first kappa shape index (κ1) is 19.4. The van der Waals surface area contributed by atoms with Gasteiger partial charge in [0.1, 0.15) is 0 Å². The van der Waals surface area contributed by atoms with E-state index in [0.29, 0.717) is 10.7 Å². The van der Waals surface area contributed by atoms with Crippen molar-refractivity contribution in [1.82, 2.24) is 4.31 Å². The van der Waals surface area contributed by atoms with Crippen molar-refractivity contribution in [2.75, 3.05) is 18.1 Å². The average molecular weight is 381 g/mol. The highest BCUT2D eigenvalue weighted by Gasteiger charge is 2.21. The average Bonchev–Trinajstić information content (AvgIpc) is 2.52. The molecule has 0 aliphatic carbocycles. The lowest BCUT2D eigenvalue weighted by atomic mass is 10.1. The van der Waals surface area contributed by atoms with Gasteiger partial charge in [-0.3, -0.25) is 4.79 Å². The summed E-state index contributed by atoms with van der Waals surface area (Å²) in [5.74, 6) is -0.413. The Balaban J connectivity index is 2.16. The molecule has 0 bridgehead atoms. The minimum Gasteiger partial charge on any atom is -0.325 e. The van der Waals surface area contributed by atoms with Crippen LogP contribution >= 0.6 is 11.6 Å². The Labute approximate surface area is 153 Å². The Kier molecular flexibility index (Phi) is 6.21. The molecule has 0 saturated carbocycles. The molecule has 2 aromatic rings. The number of carbonyl (C=O) groups excluding carboxylic acids is 1. The van der Waals surface area contributed by atoms with Gasteiger partial charge in [0.2, 0.25) is 15.9 Å². The number of nitrogens with one attached hydrogen (secondary N) is 1. The van der Waals surface area contributed by atoms with Crippen LogP contribution in [0.4, 0.5) is 5.69 Å². The number of hydrogen-bond donors (Lipinski definition) is 1. The standard InChI is InChI=1S/C18H21ClN2O3S/c1-13-7-4-5-8-15(13)11-21(25(3,23)24)12-18(22)20-17-10-6-9-16(19)14(17)2/h4-10H,11-12H2,1-3H3,(H,20,22). The molecule has 1 amide bonds. The molecule has 0 fully saturated rings. The summed E-state index contributed by atoms with van der Waals surface area (Å²) in [7, 11) is -3.54. The summed E-state index contributed by atoms with van der Waals surface area (Å²) in [6.07, 6.45) is 1.10. The van der Waals surface area contributed by atoms with Gasteiger partial charge in [-0.1, -0.05) is 41.9 Å². The molecule has 0 atom stereocenters. The van der Waals surface area contributed by atoms with Crippen LogP contribution in [0.1, 0.15) is 16.7 Å². The van der Waals surface area contributed by atoms with E-state index >= 15 is 0 Å². The molecule has 0 saturated heterocycles. The zero-order valence-electron chi connectivity index (χ0n) is 14.4. The number of aryl methyl sites for hydroxylation is 1. The third-order valence-electron chi connectivity index (χ3n) is 3.94. The summed E-state index contributed by atoms with van der Waals surface area (Å²) in [5, 5.41) is 3.26. The number of benzene rings is 2. The Hall–Kier alpha value is -1.89. The van der Waals surface area contributed by atoms with E-state index in [1.807, 2.05) is 31.2 Å². The summed E-state index contributed by atoms with van der Waals surface area (Å²) >= 11 is 6.04. The van der Waals surface area contributed by atoms with Crippen molar-refractivity contribution < 1.29 is 13.2 Å². The molecular weight excluding hydrogens is 360 g/mol. The van der Waals surface area contributed by atoms with Gasteiger partial charge in [-0.25, -0.2) is 8.42 Å². The molecule has 25 heavy (non-hydrogen) atoms. The second kappa shape index (κ2) is 7.99. The molecule has 0 aliphatic heterocycles. The molecule has 5 nitrogen and oxygen atoms in total. The highest BCUT2D eigenvalue weighted by atomic mass is 35.5. The van der Waals surface area contributed by atoms with Crippen LogP contribution in [0, 0.1) is 13.8 Å². The number of sulfonamides is 1. The topological polar surface area (TPSA) is 66.5 Å². The minimum absolute atomic E-state index is 0.146. The van der Waals surface area contributed by atoms with Crippen molar-refractivity contribution in [3.8, 4) is 0 Å². The van der Waals surface area contributed by atoms with Crippen molar-refractivity contribution in [3.05, 3.63) is 64.2 Å². The highest BCUT2D eigenvalue weighted by molar-refractivity contribution is 7.88. The van der Waals surface area contributed by atoms with E-state index in [0.717, 1.165) is 27.3 Å². The van der Waals surface area contributed by atoms with Crippen molar-refractivity contribution in [2.24, 2.45) is 0 Å². The number of amides is 1. The van der Waals surface area contributed by atoms with Crippen molar-refractivity contribution in [3.63, 3.8) is 0 Å². The monoisotopic (exact) mass is 380 g/mol. The van der Waals surface area contributed by atoms with Crippen molar-refractivity contribution in [1.29, 1.82) is 0 Å². The maximum absolute atomic E-state index is 12.3. The summed E-state index contributed by atoms with van der Waals surface area (Å²) < 4.78 is 25.3. The Bertz CT molecular complexity index is 882. The van der Waals surface area contributed by atoms with Crippen LogP contribution < -0.4 is 5.32 Å². The number of nitrogens with zero attached hydrogens (tertiary/aromatic N) is 1. The van der Waals surface area contributed by atoms with Gasteiger partial charge in [0.25, 0.3) is 0 Å². The summed E-state index contributed by atoms with van der Waals surface area (Å²) in [6, 6.07) is 12.7. The number of carbonyl (C=O) groups is 1. The fourth-order valence-corrected chi connectivity index (χ4v) is 3.26. The van der Waals surface area contributed by atoms with E-state index in [1.54, 1.807) is 25.1 Å². The quantitative estimate of drug-likeness (QED) is 0.835. The van der Waals surface area contributed by atoms with E-state index in [9.17, 15) is 13.2 Å². The molecule has 2 aromatic carbocycles. The molecule has 134 valence electrons. The smallest absolute Gasteiger partial charge is 0.239 e. The molecule has 0 aliphatic rings. The maximum atomic E-state index is 12.3. The fraction of sp³-hybridized carbons (Fsp3) is 0.278. The largest absolute Gasteiger partial charge is 0.325 e. The maximum Gasteiger partial charge on any atom is 0.239 e. The highest BCUT2D eigenvalue weighted by Crippen LogP contribution is 2.23. The molecule has 0 aromatic heterocycles. The molecule has 0 radical (unpaired) electrons. The molecular formula is C18H21ClN2O3S. The lowest BCUT2D eigenvalue weighted by Crippen LogP contribution is -2.37. The first-order valence-corrected chi connectivity index (χ1v) is 9.95. The minimum atomic E-state index is -3.54. The van der Waals surface area contributed by atoms with Crippen LogP contribution in [0.2, 0.25) is 5.02 Å². The predicted octanol–water partition coefficient (Wildman–Crippen LogP) is 3.36. The van der Waals surface area contributed by atoms with Gasteiger partial charge in [0.05, 0.1) is 12.8 Å². The van der Waals surface area contributed by atoms with Crippen LogP contribution in [0.25, 0.3) is 0 Å². The van der Waals surface area contributed by atoms with Gasteiger partial charge in [0, 0.05) is 17.3 Å². The zero-order chi connectivity index (χ0) is 18.6. The third-order valence-corrected chi connectivity index (χ3v) is 5.54. The first-order chi connectivity index (χ1) is 11.7. The van der Waals surface area contributed by atoms with Gasteiger partial charge in [-0.15, -0.1) is 0 Å². The van der Waals surface area contributed by atoms with E-state index in [4.69, 9.17) is 11.6 Å². The summed E-state index contributed by atoms with van der Waals surface area (Å²) in [5.41, 5.74) is 3.14. The summed E-state index contributed by atoms with van der Waals surface area (Å²) in [4.78, 5) is 12.3. The fourth-order valence-electron chi connectivity index (χ4n) is 2.36. The second-order valence-corrected chi connectivity index (χ2v) is 8.31. The first-order valence-electron chi connectivity index (χ1n) is 7.73. The number of hydrogen-bond acceptors (Lipinski definition) is 3. The van der Waals surface area contributed by atoms with E-state index in [2.05, 4.69) is 5.32 Å². The molecule has 1 N–H and O–H groups in total. The normalized spacial score (nSPS) is 11.6. The Morgan fingerprint density at radius 3 is 2.44 bits per heavy atom. The summed E-state index contributed by atoms with van der Waals surface area (Å²) in [6.45, 7) is 3.58. The lowest BCUT2D eigenvalue weighted by molar-refractivity contribution is -0.116. The van der Waals surface area contributed by atoms with Crippen LogP contribution in [0.3, 0.4) is 0 Å². The molecule has 0 heterocycles. The lowest BCUT2D eigenvalue weighted by Gasteiger charge is -2.21. The second-order valence-electron chi connectivity index (χ2n) is 5.92. The van der Waals surface area contributed by atoms with Gasteiger partial charge in [-0.05, 0) is 42.7 Å². The van der Waals surface area contributed by atoms with Crippen molar-refractivity contribution in [2.45, 2.75) is 20.4 Å². The van der Waals surface area contributed by atoms with Gasteiger partial charge >= 0.3 is 0 Å². The van der Waals surface area contributed by atoms with Crippen molar-refractivity contribution >= 4 is 33.2 Å².